The lowest BCUT2D eigenvalue weighted by molar-refractivity contribution is 0.664. The number of benzene rings is 10. The van der Waals surface area contributed by atoms with Crippen LogP contribution in [-0.2, 0) is 5.41 Å². The Morgan fingerprint density at radius 2 is 0.909 bits per heavy atom. The van der Waals surface area contributed by atoms with Crippen LogP contribution in [0.25, 0.3) is 66.2 Å². The lowest BCUT2D eigenvalue weighted by Crippen LogP contribution is -2.28. The van der Waals surface area contributed by atoms with Crippen molar-refractivity contribution in [1.82, 2.24) is 9.88 Å². The smallest absolute Gasteiger partial charge is 0.145 e. The third-order valence-electron chi connectivity index (χ3n) is 13.9. The highest BCUT2D eigenvalue weighted by atomic mass is 15.1. The summed E-state index contributed by atoms with van der Waals surface area (Å²) in [7, 11) is 0. The Hall–Kier alpha value is -8.53. The quantitative estimate of drug-likeness (QED) is 0.170. The van der Waals surface area contributed by atoms with Gasteiger partial charge in [-0.1, -0.05) is 218 Å². The molecule has 2 heterocycles. The fourth-order valence-electron chi connectivity index (χ4n) is 11.1. The number of aliphatic imine (C=N–C) groups is 1. The molecule has 0 spiro atoms. The summed E-state index contributed by atoms with van der Waals surface area (Å²) in [5.74, 6) is 0. The molecular weight excluding hydrogens is 799 g/mol. The number of fused-ring (bicyclic) bond motifs is 7. The average Bonchev–Trinajstić information content (AvgIpc) is 3.90. The van der Waals surface area contributed by atoms with Gasteiger partial charge in [0.25, 0.3) is 0 Å². The van der Waals surface area contributed by atoms with Gasteiger partial charge in [-0.2, -0.15) is 0 Å². The first kappa shape index (κ1) is 38.0. The molecule has 0 amide bonds. The Bertz CT molecular complexity index is 3620. The van der Waals surface area contributed by atoms with Crippen molar-refractivity contribution < 1.29 is 0 Å². The molecule has 10 aromatic carbocycles. The molecule has 1 aliphatic heterocycles. The third-order valence-corrected chi connectivity index (χ3v) is 13.9. The van der Waals surface area contributed by atoms with Gasteiger partial charge in [0.1, 0.15) is 6.17 Å². The zero-order valence-electron chi connectivity index (χ0n) is 36.1. The first-order valence-corrected chi connectivity index (χ1v) is 22.8. The van der Waals surface area contributed by atoms with Crippen molar-refractivity contribution in [3.05, 3.63) is 288 Å². The van der Waals surface area contributed by atoms with E-state index in [4.69, 9.17) is 4.99 Å². The van der Waals surface area contributed by atoms with Crippen LogP contribution in [0.1, 0.15) is 45.1 Å². The van der Waals surface area contributed by atoms with Gasteiger partial charge < -0.3 is 9.88 Å². The van der Waals surface area contributed by atoms with Crippen molar-refractivity contribution in [2.45, 2.75) is 11.6 Å². The second-order valence-electron chi connectivity index (χ2n) is 17.4. The Morgan fingerprint density at radius 3 is 1.58 bits per heavy atom. The summed E-state index contributed by atoms with van der Waals surface area (Å²) in [5.41, 5.74) is 18.3. The van der Waals surface area contributed by atoms with E-state index in [2.05, 4.69) is 259 Å². The molecule has 11 aromatic rings. The van der Waals surface area contributed by atoms with Crippen molar-refractivity contribution >= 4 is 44.0 Å². The number of hydrogen-bond donors (Lipinski definition) is 1. The summed E-state index contributed by atoms with van der Waals surface area (Å²) in [4.78, 5) is 5.58. The Labute approximate surface area is 384 Å². The first-order chi connectivity index (χ1) is 32.8. The molecule has 3 nitrogen and oxygen atoms in total. The molecule has 2 aliphatic rings. The lowest BCUT2D eigenvalue weighted by atomic mass is 9.67. The van der Waals surface area contributed by atoms with Gasteiger partial charge >= 0.3 is 0 Å². The maximum Gasteiger partial charge on any atom is 0.145 e. The van der Waals surface area contributed by atoms with Crippen LogP contribution in [-0.4, -0.2) is 10.3 Å². The van der Waals surface area contributed by atoms with Crippen molar-refractivity contribution in [3.63, 3.8) is 0 Å². The standard InChI is InChI=1S/C63H43N3/c1-4-19-43(20-5-1)62-64-57(41-58(65-62)54-30-18-32-56-61(54)53-29-12-15-31-55(53)63(56,44-21-6-2-7-22-44)45-23-8-3-9-24-45)50-40-39-47(48-25-10-11-26-49(48)50)42-35-37-46(38-36-42)66-59-33-16-13-27-51(59)52-28-14-17-34-60(52)66/h1-41,62,64H. The van der Waals surface area contributed by atoms with Crippen LogP contribution in [0.4, 0.5) is 0 Å². The van der Waals surface area contributed by atoms with E-state index in [1.807, 2.05) is 0 Å². The van der Waals surface area contributed by atoms with E-state index in [-0.39, 0.29) is 6.17 Å². The van der Waals surface area contributed by atoms with Crippen molar-refractivity contribution in [1.29, 1.82) is 0 Å². The molecule has 13 rings (SSSR count). The van der Waals surface area contributed by atoms with Crippen molar-refractivity contribution in [3.8, 4) is 27.9 Å². The van der Waals surface area contributed by atoms with Crippen LogP contribution in [0.3, 0.4) is 0 Å². The second-order valence-corrected chi connectivity index (χ2v) is 17.4. The van der Waals surface area contributed by atoms with Crippen LogP contribution in [0.2, 0.25) is 0 Å². The second kappa shape index (κ2) is 15.3. The molecule has 0 radical (unpaired) electrons. The first-order valence-electron chi connectivity index (χ1n) is 22.8. The highest BCUT2D eigenvalue weighted by Crippen LogP contribution is 2.57. The fourth-order valence-corrected chi connectivity index (χ4v) is 11.1. The van der Waals surface area contributed by atoms with Crippen LogP contribution in [0.5, 0.6) is 0 Å². The molecule has 1 N–H and O–H groups in total. The summed E-state index contributed by atoms with van der Waals surface area (Å²) < 4.78 is 2.38. The van der Waals surface area contributed by atoms with Gasteiger partial charge in [-0.25, -0.2) is 0 Å². The Kier molecular flexibility index (Phi) is 8.82. The molecule has 0 fully saturated rings. The fraction of sp³-hybridized carbons (Fsp3) is 0.0317. The number of para-hydroxylation sites is 2. The highest BCUT2D eigenvalue weighted by molar-refractivity contribution is 6.19. The number of nitrogens with zero attached hydrogens (tertiary/aromatic N) is 2. The van der Waals surface area contributed by atoms with Crippen molar-refractivity contribution in [2.75, 3.05) is 0 Å². The molecule has 1 atom stereocenters. The van der Waals surface area contributed by atoms with Gasteiger partial charge in [0.05, 0.1) is 22.2 Å². The molecule has 0 bridgehead atoms. The van der Waals surface area contributed by atoms with Crippen LogP contribution in [0, 0.1) is 0 Å². The zero-order valence-corrected chi connectivity index (χ0v) is 36.1. The number of hydrogen-bond acceptors (Lipinski definition) is 2. The summed E-state index contributed by atoms with van der Waals surface area (Å²) in [6, 6.07) is 88.3. The maximum atomic E-state index is 5.58. The molecule has 1 unspecified atom stereocenters. The zero-order chi connectivity index (χ0) is 43.6. The summed E-state index contributed by atoms with van der Waals surface area (Å²) in [6.45, 7) is 0. The summed E-state index contributed by atoms with van der Waals surface area (Å²) in [5, 5.41) is 8.83. The van der Waals surface area contributed by atoms with Gasteiger partial charge in [0, 0.05) is 33.3 Å². The maximum absolute atomic E-state index is 5.58. The van der Waals surface area contributed by atoms with E-state index in [0.29, 0.717) is 0 Å². The SMILES string of the molecule is C1=C(c2ccc(-c3ccc(-n4c5ccccc5c5ccccc54)cc3)c3ccccc23)NC(c2ccccc2)N=C1c1cccc2c1-c1ccccc1C2(c1ccccc1)c1ccccc1. The predicted molar refractivity (Wildman–Crippen MR) is 274 cm³/mol. The molecule has 0 saturated carbocycles. The van der Waals surface area contributed by atoms with E-state index in [0.717, 1.165) is 33.8 Å². The average molecular weight is 842 g/mol. The van der Waals surface area contributed by atoms with E-state index < -0.39 is 5.41 Å². The molecule has 1 aliphatic carbocycles. The largest absolute Gasteiger partial charge is 0.359 e. The van der Waals surface area contributed by atoms with E-state index in [9.17, 15) is 0 Å². The van der Waals surface area contributed by atoms with Crippen LogP contribution >= 0.6 is 0 Å². The molecule has 3 heteroatoms. The van der Waals surface area contributed by atoms with Gasteiger partial charge in [-0.3, -0.25) is 4.99 Å². The normalized spacial score (nSPS) is 14.9. The number of rotatable bonds is 7. The van der Waals surface area contributed by atoms with Gasteiger partial charge in [-0.15, -0.1) is 0 Å². The lowest BCUT2D eigenvalue weighted by Gasteiger charge is -2.34. The van der Waals surface area contributed by atoms with E-state index >= 15 is 0 Å². The molecule has 0 saturated heterocycles. The van der Waals surface area contributed by atoms with Gasteiger partial charge in [0.2, 0.25) is 0 Å². The van der Waals surface area contributed by atoms with Gasteiger partial charge in [0.15, 0.2) is 0 Å². The van der Waals surface area contributed by atoms with Crippen molar-refractivity contribution in [2.24, 2.45) is 4.99 Å². The number of allylic oxidation sites excluding steroid dienone is 1. The third kappa shape index (κ3) is 5.80. The number of aromatic nitrogens is 1. The van der Waals surface area contributed by atoms with E-state index in [1.165, 1.54) is 77.1 Å². The summed E-state index contributed by atoms with van der Waals surface area (Å²) in [6.07, 6.45) is 1.98. The molecule has 66 heavy (non-hydrogen) atoms. The Balaban J connectivity index is 0.962. The molecular formula is C63H43N3. The minimum Gasteiger partial charge on any atom is -0.359 e. The minimum absolute atomic E-state index is 0.298. The minimum atomic E-state index is -0.503. The van der Waals surface area contributed by atoms with E-state index in [1.54, 1.807) is 0 Å². The predicted octanol–water partition coefficient (Wildman–Crippen LogP) is 15.1. The van der Waals surface area contributed by atoms with Crippen LogP contribution in [0.15, 0.2) is 254 Å². The number of nitrogens with one attached hydrogen (secondary N) is 1. The van der Waals surface area contributed by atoms with Crippen LogP contribution < -0.4 is 5.32 Å². The van der Waals surface area contributed by atoms with Gasteiger partial charge in [-0.05, 0) is 91.2 Å². The molecule has 1 aromatic heterocycles. The summed E-state index contributed by atoms with van der Waals surface area (Å²) >= 11 is 0. The highest BCUT2D eigenvalue weighted by Gasteiger charge is 2.47. The topological polar surface area (TPSA) is 29.3 Å². The molecule has 310 valence electrons. The Morgan fingerprint density at radius 1 is 0.394 bits per heavy atom. The monoisotopic (exact) mass is 841 g/mol.